The highest BCUT2D eigenvalue weighted by atomic mass is 19.3. The number of pyridine rings is 1. The topological polar surface area (TPSA) is 121 Å². The SMILES string of the molecule is COC(=O)C(CCN(CCCCc1ccc2c(n1)N(C(=O)O)C(C(C)(C)C)CC2)CCC(F)F)NC(=O)OCc1ccccc1. The molecular formula is C33H46F2N4O6. The maximum atomic E-state index is 13.1. The molecule has 248 valence electrons. The van der Waals surface area contributed by atoms with Crippen molar-refractivity contribution < 1.29 is 37.7 Å². The van der Waals surface area contributed by atoms with Crippen LogP contribution in [0.5, 0.6) is 0 Å². The number of halogens is 2. The lowest BCUT2D eigenvalue weighted by molar-refractivity contribution is -0.143. The normalized spacial score (nSPS) is 15.5. The first kappa shape index (κ1) is 35.7. The molecule has 0 fully saturated rings. The Kier molecular flexibility index (Phi) is 13.5. The van der Waals surface area contributed by atoms with Crippen molar-refractivity contribution in [3.63, 3.8) is 0 Å². The lowest BCUT2D eigenvalue weighted by atomic mass is 9.80. The van der Waals surface area contributed by atoms with Crippen molar-refractivity contribution in [3.05, 3.63) is 59.3 Å². The minimum Gasteiger partial charge on any atom is -0.467 e. The van der Waals surface area contributed by atoms with Gasteiger partial charge in [-0.2, -0.15) is 0 Å². The minimum atomic E-state index is -2.47. The summed E-state index contributed by atoms with van der Waals surface area (Å²) in [5.41, 5.74) is 2.25. The summed E-state index contributed by atoms with van der Waals surface area (Å²) in [5, 5.41) is 12.5. The molecule has 2 heterocycles. The van der Waals surface area contributed by atoms with Crippen LogP contribution in [0.3, 0.4) is 0 Å². The number of rotatable bonds is 15. The number of nitrogens with zero attached hydrogens (tertiary/aromatic N) is 3. The third-order valence-electron chi connectivity index (χ3n) is 7.99. The summed E-state index contributed by atoms with van der Waals surface area (Å²) < 4.78 is 36.2. The number of hydrogen-bond donors (Lipinski definition) is 2. The van der Waals surface area contributed by atoms with Crippen molar-refractivity contribution in [2.24, 2.45) is 5.41 Å². The molecule has 0 spiro atoms. The zero-order chi connectivity index (χ0) is 33.0. The van der Waals surface area contributed by atoms with E-state index in [1.165, 1.54) is 12.0 Å². The summed E-state index contributed by atoms with van der Waals surface area (Å²) in [5.74, 6) is -0.156. The summed E-state index contributed by atoms with van der Waals surface area (Å²) in [7, 11) is 1.22. The Morgan fingerprint density at radius 2 is 1.78 bits per heavy atom. The van der Waals surface area contributed by atoms with Gasteiger partial charge in [0.25, 0.3) is 0 Å². The number of alkyl carbamates (subject to hydrolysis) is 1. The molecule has 1 aromatic heterocycles. The third kappa shape index (κ3) is 11.3. The number of benzene rings is 1. The number of unbranched alkanes of at least 4 members (excludes halogenated alkanes) is 1. The maximum absolute atomic E-state index is 13.1. The number of carbonyl (C=O) groups is 3. The van der Waals surface area contributed by atoms with Crippen molar-refractivity contribution in [3.8, 4) is 0 Å². The minimum absolute atomic E-state index is 0.0334. The standard InChI is InChI=1S/C33H46F2N4O6/c1-33(2,3)27-16-14-24-13-15-25(36-29(24)39(27)32(42)43)12-8-9-19-38(21-18-28(34)35)20-17-26(30(40)44-4)37-31(41)45-22-23-10-6-5-7-11-23/h5-7,10-11,13,15,26-28H,8-9,12,14,16-22H2,1-4H3,(H,37,41)(H,42,43). The first-order chi connectivity index (χ1) is 21.4. The molecule has 45 heavy (non-hydrogen) atoms. The van der Waals surface area contributed by atoms with Gasteiger partial charge in [-0.1, -0.05) is 57.2 Å². The van der Waals surface area contributed by atoms with Crippen LogP contribution >= 0.6 is 0 Å². The number of fused-ring (bicyclic) bond motifs is 1. The highest BCUT2D eigenvalue weighted by Crippen LogP contribution is 2.37. The van der Waals surface area contributed by atoms with Crippen LogP contribution in [0, 0.1) is 5.41 Å². The average Bonchev–Trinajstić information content (AvgIpc) is 3.00. The predicted molar refractivity (Wildman–Crippen MR) is 166 cm³/mol. The number of carbonyl (C=O) groups excluding carboxylic acids is 2. The van der Waals surface area contributed by atoms with Gasteiger partial charge in [0.15, 0.2) is 0 Å². The van der Waals surface area contributed by atoms with Gasteiger partial charge in [0.2, 0.25) is 6.43 Å². The number of anilines is 1. The lowest BCUT2D eigenvalue weighted by Gasteiger charge is -2.41. The van der Waals surface area contributed by atoms with Crippen LogP contribution in [0.25, 0.3) is 0 Å². The quantitative estimate of drug-likeness (QED) is 0.179. The van der Waals surface area contributed by atoms with E-state index >= 15 is 0 Å². The number of esters is 1. The maximum Gasteiger partial charge on any atom is 0.413 e. The molecule has 0 bridgehead atoms. The number of carboxylic acid groups (broad SMARTS) is 1. The van der Waals surface area contributed by atoms with E-state index in [4.69, 9.17) is 14.5 Å². The second-order valence-electron chi connectivity index (χ2n) is 12.4. The molecule has 2 N–H and O–H groups in total. The number of nitrogens with one attached hydrogen (secondary N) is 1. The van der Waals surface area contributed by atoms with E-state index in [0.29, 0.717) is 31.6 Å². The van der Waals surface area contributed by atoms with Gasteiger partial charge in [-0.05, 0) is 67.7 Å². The van der Waals surface area contributed by atoms with Gasteiger partial charge in [0, 0.05) is 31.2 Å². The zero-order valence-corrected chi connectivity index (χ0v) is 26.6. The number of ether oxygens (including phenoxy) is 2. The van der Waals surface area contributed by atoms with E-state index in [2.05, 4.69) is 5.32 Å². The van der Waals surface area contributed by atoms with Crippen LogP contribution in [-0.4, -0.2) is 78.4 Å². The smallest absolute Gasteiger partial charge is 0.413 e. The van der Waals surface area contributed by atoms with E-state index < -0.39 is 30.6 Å². The van der Waals surface area contributed by atoms with E-state index in [0.717, 1.165) is 29.7 Å². The van der Waals surface area contributed by atoms with Gasteiger partial charge in [0.1, 0.15) is 18.5 Å². The molecule has 3 rings (SSSR count). The Hall–Kier alpha value is -3.80. The first-order valence-electron chi connectivity index (χ1n) is 15.5. The molecule has 0 saturated heterocycles. The fourth-order valence-corrected chi connectivity index (χ4v) is 5.54. The Labute approximate surface area is 264 Å². The predicted octanol–water partition coefficient (Wildman–Crippen LogP) is 6.06. The van der Waals surface area contributed by atoms with Gasteiger partial charge >= 0.3 is 18.2 Å². The van der Waals surface area contributed by atoms with Gasteiger partial charge < -0.3 is 24.8 Å². The monoisotopic (exact) mass is 632 g/mol. The summed E-state index contributed by atoms with van der Waals surface area (Å²) in [6.07, 6.45) is -0.946. The second kappa shape index (κ2) is 17.0. The summed E-state index contributed by atoms with van der Waals surface area (Å²) in [6.45, 7) is 7.03. The molecule has 10 nitrogen and oxygen atoms in total. The number of aryl methyl sites for hydroxylation is 2. The highest BCUT2D eigenvalue weighted by molar-refractivity contribution is 5.87. The van der Waals surface area contributed by atoms with Gasteiger partial charge in [0.05, 0.1) is 7.11 Å². The molecule has 2 atom stereocenters. The van der Waals surface area contributed by atoms with Crippen LogP contribution < -0.4 is 10.2 Å². The van der Waals surface area contributed by atoms with Crippen molar-refractivity contribution in [1.82, 2.24) is 15.2 Å². The van der Waals surface area contributed by atoms with E-state index in [1.54, 1.807) is 12.1 Å². The van der Waals surface area contributed by atoms with Crippen LogP contribution in [0.2, 0.25) is 0 Å². The Morgan fingerprint density at radius 1 is 1.07 bits per heavy atom. The van der Waals surface area contributed by atoms with Gasteiger partial charge in [-0.25, -0.2) is 28.1 Å². The lowest BCUT2D eigenvalue weighted by Crippen LogP contribution is -2.50. The molecule has 12 heteroatoms. The second-order valence-corrected chi connectivity index (χ2v) is 12.4. The van der Waals surface area contributed by atoms with Crippen molar-refractivity contribution in [2.75, 3.05) is 31.6 Å². The van der Waals surface area contributed by atoms with Crippen molar-refractivity contribution >= 4 is 24.0 Å². The molecule has 1 aliphatic rings. The summed E-state index contributed by atoms with van der Waals surface area (Å²) >= 11 is 0. The molecule has 2 amide bonds. The summed E-state index contributed by atoms with van der Waals surface area (Å²) in [4.78, 5) is 45.0. The fourth-order valence-electron chi connectivity index (χ4n) is 5.54. The number of aromatic nitrogens is 1. The largest absolute Gasteiger partial charge is 0.467 e. The van der Waals surface area contributed by atoms with Crippen molar-refractivity contribution in [1.29, 1.82) is 0 Å². The molecule has 0 saturated carbocycles. The molecule has 1 aromatic carbocycles. The molecule has 2 unspecified atom stereocenters. The Bertz CT molecular complexity index is 1260. The number of amides is 2. The van der Waals surface area contributed by atoms with Crippen LogP contribution in [0.15, 0.2) is 42.5 Å². The van der Waals surface area contributed by atoms with E-state index in [9.17, 15) is 28.3 Å². The Balaban J connectivity index is 1.56. The number of methoxy groups -OCH3 is 1. The first-order valence-corrected chi connectivity index (χ1v) is 15.5. The van der Waals surface area contributed by atoms with Crippen molar-refractivity contribution in [2.45, 2.75) is 90.8 Å². The van der Waals surface area contributed by atoms with E-state index in [1.807, 2.05) is 56.0 Å². The fraction of sp³-hybridized carbons (Fsp3) is 0.576. The molecule has 1 aliphatic heterocycles. The molecule has 2 aromatic rings. The van der Waals surface area contributed by atoms with Gasteiger partial charge in [-0.3, -0.25) is 4.90 Å². The molecule has 0 radical (unpaired) electrons. The van der Waals surface area contributed by atoms with Crippen LogP contribution in [0.4, 0.5) is 24.2 Å². The average molecular weight is 633 g/mol. The molecule has 0 aliphatic carbocycles. The van der Waals surface area contributed by atoms with Crippen LogP contribution in [-0.2, 0) is 33.7 Å². The third-order valence-corrected chi connectivity index (χ3v) is 7.99. The molecular weight excluding hydrogens is 586 g/mol. The summed E-state index contributed by atoms with van der Waals surface area (Å²) in [6, 6.07) is 11.8. The Morgan fingerprint density at radius 3 is 2.42 bits per heavy atom. The van der Waals surface area contributed by atoms with Gasteiger partial charge in [-0.15, -0.1) is 0 Å². The van der Waals surface area contributed by atoms with Crippen LogP contribution in [0.1, 0.15) is 69.7 Å². The number of alkyl halides is 2. The van der Waals surface area contributed by atoms with E-state index in [-0.39, 0.29) is 44.0 Å². The number of hydrogen-bond acceptors (Lipinski definition) is 7. The zero-order valence-electron chi connectivity index (χ0n) is 26.6. The highest BCUT2D eigenvalue weighted by Gasteiger charge is 2.39.